The molecular weight excluding hydrogens is 348 g/mol. The quantitative estimate of drug-likeness (QED) is 0.561. The highest BCUT2D eigenvalue weighted by molar-refractivity contribution is 6.31. The minimum Gasteiger partial charge on any atom is -0.495 e. The largest absolute Gasteiger partial charge is 0.495 e. The summed E-state index contributed by atoms with van der Waals surface area (Å²) in [5.74, 6) is 1.55. The second-order valence-electron chi connectivity index (χ2n) is 5.97. The topological polar surface area (TPSA) is 55.7 Å². The van der Waals surface area contributed by atoms with E-state index in [0.717, 1.165) is 39.6 Å². The number of nitrogens with one attached hydrogen (secondary N) is 1. The van der Waals surface area contributed by atoms with Crippen LogP contribution in [0.4, 0.5) is 0 Å². The molecule has 1 N–H and O–H groups in total. The maximum absolute atomic E-state index is 6.01. The van der Waals surface area contributed by atoms with Gasteiger partial charge in [0.1, 0.15) is 11.6 Å². The van der Waals surface area contributed by atoms with E-state index in [-0.39, 0.29) is 0 Å². The number of rotatable bonds is 4. The van der Waals surface area contributed by atoms with E-state index >= 15 is 0 Å². The number of nitrogens with zero attached hydrogens (tertiary/aromatic N) is 3. The van der Waals surface area contributed by atoms with E-state index < -0.39 is 0 Å². The van der Waals surface area contributed by atoms with Crippen molar-refractivity contribution in [2.45, 2.75) is 6.92 Å². The number of aromatic amines is 1. The number of fused-ring (bicyclic) bond motifs is 1. The maximum atomic E-state index is 6.01. The van der Waals surface area contributed by atoms with Crippen molar-refractivity contribution < 1.29 is 4.74 Å². The molecule has 0 saturated carbocycles. The summed E-state index contributed by atoms with van der Waals surface area (Å²) in [5.41, 5.74) is 4.73. The zero-order chi connectivity index (χ0) is 18.1. The van der Waals surface area contributed by atoms with Gasteiger partial charge in [0.2, 0.25) is 0 Å². The zero-order valence-corrected chi connectivity index (χ0v) is 15.2. The van der Waals surface area contributed by atoms with Gasteiger partial charge >= 0.3 is 0 Å². The molecule has 6 heteroatoms. The Hall–Kier alpha value is -3.05. The molecule has 26 heavy (non-hydrogen) atoms. The first-order chi connectivity index (χ1) is 12.6. The Bertz CT molecular complexity index is 1110. The van der Waals surface area contributed by atoms with Gasteiger partial charge in [0.15, 0.2) is 0 Å². The van der Waals surface area contributed by atoms with Crippen molar-refractivity contribution in [3.8, 4) is 11.4 Å². The summed E-state index contributed by atoms with van der Waals surface area (Å²) in [6.07, 6.45) is 7.67. The van der Waals surface area contributed by atoms with Gasteiger partial charge in [-0.2, -0.15) is 0 Å². The third kappa shape index (κ3) is 3.21. The second kappa shape index (κ2) is 6.69. The molecule has 0 amide bonds. The van der Waals surface area contributed by atoms with Crippen LogP contribution in [0.15, 0.2) is 48.9 Å². The molecule has 0 radical (unpaired) electrons. The molecule has 2 heterocycles. The number of benzene rings is 2. The highest BCUT2D eigenvalue weighted by Crippen LogP contribution is 2.25. The summed E-state index contributed by atoms with van der Waals surface area (Å²) in [7, 11) is 1.67. The number of ether oxygens (including phenoxy) is 1. The molecule has 4 rings (SSSR count). The second-order valence-corrected chi connectivity index (χ2v) is 6.41. The Morgan fingerprint density at radius 3 is 2.81 bits per heavy atom. The van der Waals surface area contributed by atoms with E-state index in [0.29, 0.717) is 5.02 Å². The number of H-pyrrole nitrogens is 1. The lowest BCUT2D eigenvalue weighted by molar-refractivity contribution is 0.413. The zero-order valence-electron chi connectivity index (χ0n) is 14.4. The van der Waals surface area contributed by atoms with Crippen LogP contribution in [0.25, 0.3) is 28.9 Å². The molecule has 0 spiro atoms. The van der Waals surface area contributed by atoms with Gasteiger partial charge in [-0.05, 0) is 48.9 Å². The summed E-state index contributed by atoms with van der Waals surface area (Å²) >= 11 is 6.01. The van der Waals surface area contributed by atoms with Crippen LogP contribution in [0.1, 0.15) is 17.1 Å². The van der Waals surface area contributed by atoms with E-state index in [1.807, 2.05) is 66.2 Å². The normalized spacial score (nSPS) is 11.5. The van der Waals surface area contributed by atoms with Gasteiger partial charge in [0, 0.05) is 11.2 Å². The fourth-order valence-electron chi connectivity index (χ4n) is 2.82. The molecule has 0 bridgehead atoms. The summed E-state index contributed by atoms with van der Waals surface area (Å²) in [6, 6.07) is 11.6. The molecule has 0 aliphatic heterocycles. The molecular formula is C20H17ClN4O. The first-order valence-corrected chi connectivity index (χ1v) is 8.52. The van der Waals surface area contributed by atoms with Crippen LogP contribution in [-0.4, -0.2) is 26.6 Å². The predicted molar refractivity (Wildman–Crippen MR) is 105 cm³/mol. The van der Waals surface area contributed by atoms with Crippen molar-refractivity contribution in [3.05, 3.63) is 71.0 Å². The average molecular weight is 365 g/mol. The number of halogens is 1. The lowest BCUT2D eigenvalue weighted by Gasteiger charge is -2.09. The first-order valence-electron chi connectivity index (χ1n) is 8.15. The molecule has 5 nitrogen and oxygen atoms in total. The first kappa shape index (κ1) is 16.4. The van der Waals surface area contributed by atoms with Crippen LogP contribution in [0.2, 0.25) is 5.02 Å². The van der Waals surface area contributed by atoms with E-state index in [4.69, 9.17) is 16.3 Å². The van der Waals surface area contributed by atoms with Crippen molar-refractivity contribution in [1.82, 2.24) is 19.5 Å². The molecule has 0 fully saturated rings. The van der Waals surface area contributed by atoms with Gasteiger partial charge in [0.05, 0.1) is 35.9 Å². The van der Waals surface area contributed by atoms with Gasteiger partial charge in [0.25, 0.3) is 0 Å². The fourth-order valence-corrected chi connectivity index (χ4v) is 2.99. The Morgan fingerprint density at radius 2 is 2.04 bits per heavy atom. The lowest BCUT2D eigenvalue weighted by atomic mass is 10.1. The van der Waals surface area contributed by atoms with E-state index in [2.05, 4.69) is 15.0 Å². The Balaban J connectivity index is 1.63. The number of aromatic nitrogens is 4. The number of imidazole rings is 2. The van der Waals surface area contributed by atoms with Crippen molar-refractivity contribution >= 4 is 34.8 Å². The summed E-state index contributed by atoms with van der Waals surface area (Å²) in [4.78, 5) is 12.0. The minimum atomic E-state index is 0.687. The number of aryl methyl sites for hydroxylation is 1. The van der Waals surface area contributed by atoms with E-state index in [9.17, 15) is 0 Å². The van der Waals surface area contributed by atoms with Crippen LogP contribution in [-0.2, 0) is 0 Å². The molecule has 0 unspecified atom stereocenters. The molecule has 4 aromatic rings. The third-order valence-corrected chi connectivity index (χ3v) is 4.32. The lowest BCUT2D eigenvalue weighted by Crippen LogP contribution is -1.95. The molecule has 2 aromatic carbocycles. The predicted octanol–water partition coefficient (Wildman–Crippen LogP) is 4.89. The van der Waals surface area contributed by atoms with Crippen LogP contribution < -0.4 is 4.74 Å². The maximum Gasteiger partial charge on any atom is 0.143 e. The number of hydrogen-bond donors (Lipinski definition) is 1. The Labute approximate surface area is 155 Å². The fraction of sp³-hybridized carbons (Fsp3) is 0.100. The van der Waals surface area contributed by atoms with Crippen molar-refractivity contribution in [2.24, 2.45) is 0 Å². The Morgan fingerprint density at radius 1 is 1.15 bits per heavy atom. The highest BCUT2D eigenvalue weighted by Gasteiger charge is 2.07. The minimum absolute atomic E-state index is 0.687. The van der Waals surface area contributed by atoms with E-state index in [1.54, 1.807) is 13.4 Å². The van der Waals surface area contributed by atoms with Gasteiger partial charge < -0.3 is 14.3 Å². The number of methoxy groups -OCH3 is 1. The Kier molecular flexibility index (Phi) is 4.22. The highest BCUT2D eigenvalue weighted by atomic mass is 35.5. The molecule has 2 aromatic heterocycles. The third-order valence-electron chi connectivity index (χ3n) is 4.09. The standard InChI is InChI=1S/C20H17ClN4O/c1-13-11-25(12-22-13)18-7-3-14(9-19(18)26-2)4-8-20-23-16-6-5-15(21)10-17(16)24-20/h3-12H,1-2H3,(H,23,24). The molecule has 0 saturated heterocycles. The average Bonchev–Trinajstić information content (AvgIpc) is 3.25. The van der Waals surface area contributed by atoms with E-state index in [1.165, 1.54) is 0 Å². The van der Waals surface area contributed by atoms with Crippen molar-refractivity contribution in [2.75, 3.05) is 7.11 Å². The van der Waals surface area contributed by atoms with Gasteiger partial charge in [-0.15, -0.1) is 0 Å². The molecule has 0 aliphatic carbocycles. The molecule has 0 aliphatic rings. The van der Waals surface area contributed by atoms with Gasteiger partial charge in [-0.3, -0.25) is 0 Å². The van der Waals surface area contributed by atoms with Gasteiger partial charge in [-0.1, -0.05) is 23.7 Å². The summed E-state index contributed by atoms with van der Waals surface area (Å²) in [5, 5.41) is 0.687. The smallest absolute Gasteiger partial charge is 0.143 e. The van der Waals surface area contributed by atoms with Gasteiger partial charge in [-0.25, -0.2) is 9.97 Å². The summed E-state index contributed by atoms with van der Waals surface area (Å²) in [6.45, 7) is 1.96. The van der Waals surface area contributed by atoms with Crippen LogP contribution in [0.5, 0.6) is 5.75 Å². The molecule has 130 valence electrons. The van der Waals surface area contributed by atoms with Crippen molar-refractivity contribution in [1.29, 1.82) is 0 Å². The molecule has 0 atom stereocenters. The van der Waals surface area contributed by atoms with Crippen LogP contribution in [0.3, 0.4) is 0 Å². The van der Waals surface area contributed by atoms with Crippen LogP contribution in [0, 0.1) is 6.92 Å². The number of hydrogen-bond acceptors (Lipinski definition) is 3. The SMILES string of the molecule is COc1cc(C=Cc2nc3ccc(Cl)cc3[nH]2)ccc1-n1cnc(C)c1. The summed E-state index contributed by atoms with van der Waals surface area (Å²) < 4.78 is 7.49. The van der Waals surface area contributed by atoms with Crippen LogP contribution >= 0.6 is 11.6 Å². The van der Waals surface area contributed by atoms with Crippen molar-refractivity contribution in [3.63, 3.8) is 0 Å². The monoisotopic (exact) mass is 364 g/mol.